The first kappa shape index (κ1) is 21.7. The van der Waals surface area contributed by atoms with Crippen LogP contribution in [0.25, 0.3) is 11.6 Å². The summed E-state index contributed by atoms with van der Waals surface area (Å²) in [6, 6.07) is 22.0. The predicted octanol–water partition coefficient (Wildman–Crippen LogP) is 6.13. The average molecular weight is 428 g/mol. The monoisotopic (exact) mass is 427 g/mol. The minimum atomic E-state index is 0.0403. The molecule has 0 saturated heterocycles. The summed E-state index contributed by atoms with van der Waals surface area (Å²) in [5, 5.41) is 0. The summed E-state index contributed by atoms with van der Waals surface area (Å²) in [5.74, 6) is 1.74. The second-order valence-corrected chi connectivity index (χ2v) is 8.57. The van der Waals surface area contributed by atoms with Crippen molar-refractivity contribution in [1.82, 2.24) is 0 Å². The standard InChI is InChI=1S/C28H29NO3/c1-19(2)17-29-25-8-6-5-7-23(25)24(28(29)30)15-22-13-14-26(27(16-22)31-4)32-18-21-11-9-20(3)10-12-21/h5-16,19H,17-18H2,1-4H3/b24-15-. The Hall–Kier alpha value is -3.53. The topological polar surface area (TPSA) is 38.8 Å². The van der Waals surface area contributed by atoms with Gasteiger partial charge in [-0.3, -0.25) is 4.79 Å². The number of benzene rings is 3. The minimum absolute atomic E-state index is 0.0403. The van der Waals surface area contributed by atoms with Gasteiger partial charge in [-0.25, -0.2) is 0 Å². The number of aryl methyl sites for hydroxylation is 1. The van der Waals surface area contributed by atoms with E-state index in [1.54, 1.807) is 7.11 Å². The second kappa shape index (κ2) is 9.31. The SMILES string of the molecule is COc1cc(/C=C2\C(=O)N(CC(C)C)c3ccccc32)ccc1OCc1ccc(C)cc1. The number of fused-ring (bicyclic) bond motifs is 1. The van der Waals surface area contributed by atoms with Crippen molar-refractivity contribution in [3.63, 3.8) is 0 Å². The highest BCUT2D eigenvalue weighted by Gasteiger charge is 2.32. The number of ether oxygens (including phenoxy) is 2. The molecule has 3 aromatic rings. The first-order valence-corrected chi connectivity index (χ1v) is 11.0. The molecular weight excluding hydrogens is 398 g/mol. The van der Waals surface area contributed by atoms with Crippen LogP contribution in [0.3, 0.4) is 0 Å². The molecule has 0 fully saturated rings. The molecule has 0 bridgehead atoms. The van der Waals surface area contributed by atoms with Crippen LogP contribution in [-0.4, -0.2) is 19.6 Å². The molecule has 4 heteroatoms. The van der Waals surface area contributed by atoms with Crippen molar-refractivity contribution >= 4 is 23.2 Å². The lowest BCUT2D eigenvalue weighted by atomic mass is 10.0. The maximum absolute atomic E-state index is 13.2. The molecule has 164 valence electrons. The normalized spacial score (nSPS) is 14.2. The Morgan fingerprint density at radius 2 is 1.72 bits per heavy atom. The van der Waals surface area contributed by atoms with Gasteiger partial charge in [-0.1, -0.05) is 67.9 Å². The van der Waals surface area contributed by atoms with Crippen LogP contribution >= 0.6 is 0 Å². The van der Waals surface area contributed by atoms with E-state index >= 15 is 0 Å². The molecule has 1 amide bonds. The third-order valence-corrected chi connectivity index (χ3v) is 5.52. The van der Waals surface area contributed by atoms with E-state index in [1.165, 1.54) is 5.56 Å². The largest absolute Gasteiger partial charge is 0.493 e. The summed E-state index contributed by atoms with van der Waals surface area (Å²) in [6.07, 6.45) is 1.94. The van der Waals surface area contributed by atoms with Gasteiger partial charge in [-0.15, -0.1) is 0 Å². The predicted molar refractivity (Wildman–Crippen MR) is 130 cm³/mol. The lowest BCUT2D eigenvalue weighted by molar-refractivity contribution is -0.113. The number of rotatable bonds is 7. The molecule has 4 rings (SSSR count). The highest BCUT2D eigenvalue weighted by molar-refractivity contribution is 6.35. The Bertz CT molecular complexity index is 1150. The first-order valence-electron chi connectivity index (χ1n) is 11.0. The highest BCUT2D eigenvalue weighted by atomic mass is 16.5. The summed E-state index contributed by atoms with van der Waals surface area (Å²) in [6.45, 7) is 7.47. The summed E-state index contributed by atoms with van der Waals surface area (Å²) in [7, 11) is 1.63. The van der Waals surface area contributed by atoms with Crippen molar-refractivity contribution in [2.24, 2.45) is 5.92 Å². The van der Waals surface area contributed by atoms with Crippen LogP contribution in [0.4, 0.5) is 5.69 Å². The zero-order chi connectivity index (χ0) is 22.7. The van der Waals surface area contributed by atoms with E-state index < -0.39 is 0 Å². The van der Waals surface area contributed by atoms with Gasteiger partial charge >= 0.3 is 0 Å². The van der Waals surface area contributed by atoms with Crippen LogP contribution in [0.1, 0.15) is 36.1 Å². The van der Waals surface area contributed by atoms with Crippen LogP contribution in [0, 0.1) is 12.8 Å². The number of amides is 1. The molecule has 1 aliphatic rings. The van der Waals surface area contributed by atoms with Crippen molar-refractivity contribution in [3.8, 4) is 11.5 Å². The van der Waals surface area contributed by atoms with Gasteiger partial charge in [0.15, 0.2) is 11.5 Å². The highest BCUT2D eigenvalue weighted by Crippen LogP contribution is 2.39. The molecule has 0 saturated carbocycles. The van der Waals surface area contributed by atoms with Gasteiger partial charge in [0, 0.05) is 17.7 Å². The van der Waals surface area contributed by atoms with E-state index in [0.717, 1.165) is 22.4 Å². The second-order valence-electron chi connectivity index (χ2n) is 8.57. The van der Waals surface area contributed by atoms with E-state index in [1.807, 2.05) is 53.4 Å². The van der Waals surface area contributed by atoms with Gasteiger partial charge in [0.2, 0.25) is 0 Å². The average Bonchev–Trinajstić information content (AvgIpc) is 3.04. The van der Waals surface area contributed by atoms with Crippen molar-refractivity contribution in [1.29, 1.82) is 0 Å². The van der Waals surface area contributed by atoms with Gasteiger partial charge in [0.1, 0.15) is 6.61 Å². The van der Waals surface area contributed by atoms with Crippen molar-refractivity contribution in [2.45, 2.75) is 27.4 Å². The Morgan fingerprint density at radius 3 is 2.44 bits per heavy atom. The van der Waals surface area contributed by atoms with Crippen LogP contribution in [0.15, 0.2) is 66.7 Å². The summed E-state index contributed by atoms with van der Waals surface area (Å²) in [5.41, 5.74) is 5.87. The molecule has 0 N–H and O–H groups in total. The van der Waals surface area contributed by atoms with E-state index in [0.29, 0.717) is 36.1 Å². The zero-order valence-corrected chi connectivity index (χ0v) is 19.1. The quantitative estimate of drug-likeness (QED) is 0.426. The summed E-state index contributed by atoms with van der Waals surface area (Å²) < 4.78 is 11.6. The van der Waals surface area contributed by atoms with Crippen molar-refractivity contribution in [2.75, 3.05) is 18.6 Å². The van der Waals surface area contributed by atoms with Crippen molar-refractivity contribution < 1.29 is 14.3 Å². The van der Waals surface area contributed by atoms with Crippen LogP contribution < -0.4 is 14.4 Å². The molecule has 0 radical (unpaired) electrons. The van der Waals surface area contributed by atoms with Gasteiger partial charge < -0.3 is 14.4 Å². The molecule has 0 spiro atoms. The van der Waals surface area contributed by atoms with Gasteiger partial charge in [0.05, 0.1) is 12.8 Å². The number of para-hydroxylation sites is 1. The van der Waals surface area contributed by atoms with E-state index in [9.17, 15) is 4.79 Å². The molecule has 4 nitrogen and oxygen atoms in total. The van der Waals surface area contributed by atoms with Gasteiger partial charge in [-0.2, -0.15) is 0 Å². The Morgan fingerprint density at radius 1 is 0.969 bits per heavy atom. The number of anilines is 1. The first-order chi connectivity index (χ1) is 15.5. The number of carbonyl (C=O) groups is 1. The molecule has 32 heavy (non-hydrogen) atoms. The maximum atomic E-state index is 13.2. The summed E-state index contributed by atoms with van der Waals surface area (Å²) in [4.78, 5) is 15.1. The molecule has 0 aromatic heterocycles. The number of methoxy groups -OCH3 is 1. The lowest BCUT2D eigenvalue weighted by Gasteiger charge is -2.19. The fraction of sp³-hybridized carbons (Fsp3) is 0.250. The number of hydrogen-bond donors (Lipinski definition) is 0. The smallest absolute Gasteiger partial charge is 0.259 e. The van der Waals surface area contributed by atoms with Gasteiger partial charge in [-0.05, 0) is 48.2 Å². The number of nitrogens with zero attached hydrogens (tertiary/aromatic N) is 1. The molecule has 1 heterocycles. The van der Waals surface area contributed by atoms with Crippen LogP contribution in [0.2, 0.25) is 0 Å². The Labute approximate surface area is 190 Å². The lowest BCUT2D eigenvalue weighted by Crippen LogP contribution is -2.30. The van der Waals surface area contributed by atoms with E-state index in [4.69, 9.17) is 9.47 Å². The molecule has 0 atom stereocenters. The zero-order valence-electron chi connectivity index (χ0n) is 19.1. The van der Waals surface area contributed by atoms with E-state index in [-0.39, 0.29) is 5.91 Å². The molecule has 0 aliphatic carbocycles. The fourth-order valence-electron chi connectivity index (χ4n) is 3.90. The van der Waals surface area contributed by atoms with E-state index in [2.05, 4.69) is 45.0 Å². The van der Waals surface area contributed by atoms with Gasteiger partial charge in [0.25, 0.3) is 5.91 Å². The third kappa shape index (κ3) is 4.54. The Kier molecular flexibility index (Phi) is 6.31. The molecular formula is C28H29NO3. The molecule has 1 aliphatic heterocycles. The third-order valence-electron chi connectivity index (χ3n) is 5.52. The maximum Gasteiger partial charge on any atom is 0.259 e. The van der Waals surface area contributed by atoms with Crippen molar-refractivity contribution in [3.05, 3.63) is 89.0 Å². The Balaban J connectivity index is 1.60. The van der Waals surface area contributed by atoms with Crippen LogP contribution in [0.5, 0.6) is 11.5 Å². The molecule has 3 aromatic carbocycles. The van der Waals surface area contributed by atoms with Crippen LogP contribution in [-0.2, 0) is 11.4 Å². The summed E-state index contributed by atoms with van der Waals surface area (Å²) >= 11 is 0. The number of carbonyl (C=O) groups excluding carboxylic acids is 1. The number of hydrogen-bond acceptors (Lipinski definition) is 3. The fourth-order valence-corrected chi connectivity index (χ4v) is 3.90. The molecule has 0 unspecified atom stereocenters. The minimum Gasteiger partial charge on any atom is -0.493 e.